The smallest absolute Gasteiger partial charge is 0.248 e. The summed E-state index contributed by atoms with van der Waals surface area (Å²) >= 11 is 0. The van der Waals surface area contributed by atoms with Gasteiger partial charge in [0.05, 0.1) is 0 Å². The molecule has 1 saturated heterocycles. The number of piperidine rings is 1. The van der Waals surface area contributed by atoms with Crippen molar-refractivity contribution in [3.05, 3.63) is 0 Å². The Labute approximate surface area is 85.4 Å². The van der Waals surface area contributed by atoms with E-state index in [-0.39, 0.29) is 12.0 Å². The molecule has 0 aromatic heterocycles. The molecule has 0 saturated carbocycles. The van der Waals surface area contributed by atoms with Crippen LogP contribution >= 0.6 is 0 Å². The first kappa shape index (κ1) is 11.5. The van der Waals surface area contributed by atoms with Crippen LogP contribution in [0.5, 0.6) is 0 Å². The third kappa shape index (κ3) is 3.64. The molecule has 2 N–H and O–H groups in total. The Bertz CT molecular complexity index is 179. The monoisotopic (exact) mass is 200 g/mol. The van der Waals surface area contributed by atoms with Crippen molar-refractivity contribution >= 4 is 5.91 Å². The van der Waals surface area contributed by atoms with E-state index in [1.165, 1.54) is 0 Å². The van der Waals surface area contributed by atoms with Gasteiger partial charge >= 0.3 is 0 Å². The zero-order chi connectivity index (χ0) is 10.4. The standard InChI is InChI=1S/C10H20N2O2/c1-8(14-2)10(13)12-7-9-3-5-11-6-4-9/h8-9,11H,3-7H2,1-2H3,(H,12,13). The van der Waals surface area contributed by atoms with Crippen LogP contribution < -0.4 is 10.6 Å². The zero-order valence-corrected chi connectivity index (χ0v) is 9.01. The lowest BCUT2D eigenvalue weighted by Gasteiger charge is -2.23. The lowest BCUT2D eigenvalue weighted by atomic mass is 9.98. The average molecular weight is 200 g/mol. The molecule has 0 aliphatic carbocycles. The molecule has 82 valence electrons. The van der Waals surface area contributed by atoms with Crippen molar-refractivity contribution in [3.8, 4) is 0 Å². The molecule has 1 aliphatic heterocycles. The summed E-state index contributed by atoms with van der Waals surface area (Å²) < 4.78 is 4.93. The number of hydrogen-bond donors (Lipinski definition) is 2. The molecule has 1 heterocycles. The van der Waals surface area contributed by atoms with Gasteiger partial charge in [-0.1, -0.05) is 0 Å². The summed E-state index contributed by atoms with van der Waals surface area (Å²) in [5, 5.41) is 6.21. The summed E-state index contributed by atoms with van der Waals surface area (Å²) in [5.41, 5.74) is 0. The first-order chi connectivity index (χ1) is 6.74. The van der Waals surface area contributed by atoms with E-state index in [0.29, 0.717) is 5.92 Å². The van der Waals surface area contributed by atoms with E-state index in [2.05, 4.69) is 10.6 Å². The van der Waals surface area contributed by atoms with Crippen LogP contribution in [0.15, 0.2) is 0 Å². The predicted molar refractivity (Wildman–Crippen MR) is 55.1 cm³/mol. The Morgan fingerprint density at radius 3 is 2.79 bits per heavy atom. The van der Waals surface area contributed by atoms with Gasteiger partial charge in [0.25, 0.3) is 0 Å². The molecule has 4 heteroatoms. The molecule has 1 rings (SSSR count). The topological polar surface area (TPSA) is 50.4 Å². The molecule has 0 spiro atoms. The highest BCUT2D eigenvalue weighted by Crippen LogP contribution is 2.09. The van der Waals surface area contributed by atoms with Crippen molar-refractivity contribution in [1.82, 2.24) is 10.6 Å². The number of carbonyl (C=O) groups excluding carboxylic acids is 1. The third-order valence-electron chi connectivity index (χ3n) is 2.75. The second kappa shape index (κ2) is 5.98. The van der Waals surface area contributed by atoms with Crippen LogP contribution in [0.3, 0.4) is 0 Å². The van der Waals surface area contributed by atoms with Gasteiger partial charge in [-0.15, -0.1) is 0 Å². The van der Waals surface area contributed by atoms with Gasteiger partial charge in [0.15, 0.2) is 0 Å². The summed E-state index contributed by atoms with van der Waals surface area (Å²) in [6.07, 6.45) is 1.97. The minimum Gasteiger partial charge on any atom is -0.372 e. The number of methoxy groups -OCH3 is 1. The van der Waals surface area contributed by atoms with Crippen LogP contribution in [-0.4, -0.2) is 38.8 Å². The maximum absolute atomic E-state index is 11.4. The number of hydrogen-bond acceptors (Lipinski definition) is 3. The van der Waals surface area contributed by atoms with Crippen molar-refractivity contribution in [3.63, 3.8) is 0 Å². The van der Waals surface area contributed by atoms with Crippen molar-refractivity contribution in [2.75, 3.05) is 26.7 Å². The highest BCUT2D eigenvalue weighted by molar-refractivity contribution is 5.80. The molecule has 1 aliphatic rings. The first-order valence-electron chi connectivity index (χ1n) is 5.25. The Kier molecular flexibility index (Phi) is 4.90. The zero-order valence-electron chi connectivity index (χ0n) is 9.01. The van der Waals surface area contributed by atoms with E-state index in [0.717, 1.165) is 32.5 Å². The molecule has 1 atom stereocenters. The van der Waals surface area contributed by atoms with Crippen LogP contribution in [0.25, 0.3) is 0 Å². The van der Waals surface area contributed by atoms with E-state index in [1.807, 2.05) is 0 Å². The van der Waals surface area contributed by atoms with E-state index in [1.54, 1.807) is 14.0 Å². The van der Waals surface area contributed by atoms with Gasteiger partial charge < -0.3 is 15.4 Å². The van der Waals surface area contributed by atoms with Crippen LogP contribution in [0.1, 0.15) is 19.8 Å². The van der Waals surface area contributed by atoms with Gasteiger partial charge in [-0.3, -0.25) is 4.79 Å². The van der Waals surface area contributed by atoms with E-state index < -0.39 is 0 Å². The predicted octanol–water partition coefficient (Wildman–Crippen LogP) is 0.137. The summed E-state index contributed by atoms with van der Waals surface area (Å²) in [7, 11) is 1.55. The number of amides is 1. The summed E-state index contributed by atoms with van der Waals surface area (Å²) in [5.74, 6) is 0.621. The molecule has 0 radical (unpaired) electrons. The molecular formula is C10H20N2O2. The quantitative estimate of drug-likeness (QED) is 0.678. The van der Waals surface area contributed by atoms with Gasteiger partial charge in [-0.05, 0) is 38.8 Å². The van der Waals surface area contributed by atoms with Crippen molar-refractivity contribution in [2.45, 2.75) is 25.9 Å². The maximum Gasteiger partial charge on any atom is 0.248 e. The third-order valence-corrected chi connectivity index (χ3v) is 2.75. The van der Waals surface area contributed by atoms with Gasteiger partial charge in [-0.2, -0.15) is 0 Å². The van der Waals surface area contributed by atoms with Crippen molar-refractivity contribution in [2.24, 2.45) is 5.92 Å². The van der Waals surface area contributed by atoms with Gasteiger partial charge in [0.1, 0.15) is 6.10 Å². The van der Waals surface area contributed by atoms with E-state index >= 15 is 0 Å². The molecule has 0 aromatic carbocycles. The number of nitrogens with one attached hydrogen (secondary N) is 2. The van der Waals surface area contributed by atoms with Gasteiger partial charge in [0, 0.05) is 13.7 Å². The summed E-state index contributed by atoms with van der Waals surface area (Å²) in [4.78, 5) is 11.4. The van der Waals surface area contributed by atoms with Gasteiger partial charge in [0.2, 0.25) is 5.91 Å². The van der Waals surface area contributed by atoms with E-state index in [9.17, 15) is 4.79 Å². The van der Waals surface area contributed by atoms with Crippen LogP contribution in [-0.2, 0) is 9.53 Å². The fraction of sp³-hybridized carbons (Fsp3) is 0.900. The normalized spacial score (nSPS) is 20.4. The molecule has 1 unspecified atom stereocenters. The molecular weight excluding hydrogens is 180 g/mol. The number of carbonyl (C=O) groups is 1. The van der Waals surface area contributed by atoms with Crippen LogP contribution in [0.2, 0.25) is 0 Å². The van der Waals surface area contributed by atoms with Crippen LogP contribution in [0, 0.1) is 5.92 Å². The molecule has 1 fully saturated rings. The Hall–Kier alpha value is -0.610. The van der Waals surface area contributed by atoms with Gasteiger partial charge in [-0.25, -0.2) is 0 Å². The Morgan fingerprint density at radius 2 is 2.21 bits per heavy atom. The molecule has 0 bridgehead atoms. The van der Waals surface area contributed by atoms with Crippen LogP contribution in [0.4, 0.5) is 0 Å². The second-order valence-corrected chi connectivity index (χ2v) is 3.82. The van der Waals surface area contributed by atoms with Crippen molar-refractivity contribution < 1.29 is 9.53 Å². The van der Waals surface area contributed by atoms with Crippen molar-refractivity contribution in [1.29, 1.82) is 0 Å². The largest absolute Gasteiger partial charge is 0.372 e. The Morgan fingerprint density at radius 1 is 1.57 bits per heavy atom. The number of ether oxygens (including phenoxy) is 1. The highest BCUT2D eigenvalue weighted by atomic mass is 16.5. The number of rotatable bonds is 4. The summed E-state index contributed by atoms with van der Waals surface area (Å²) in [6.45, 7) is 4.69. The average Bonchev–Trinajstić information content (AvgIpc) is 2.26. The highest BCUT2D eigenvalue weighted by Gasteiger charge is 2.16. The fourth-order valence-corrected chi connectivity index (χ4v) is 1.58. The molecule has 0 aromatic rings. The first-order valence-corrected chi connectivity index (χ1v) is 5.25. The SMILES string of the molecule is COC(C)C(=O)NCC1CCNCC1. The Balaban J connectivity index is 2.15. The minimum absolute atomic E-state index is 0.00830. The lowest BCUT2D eigenvalue weighted by Crippen LogP contribution is -2.39. The lowest BCUT2D eigenvalue weighted by molar-refractivity contribution is -0.130. The molecule has 1 amide bonds. The summed E-state index contributed by atoms with van der Waals surface area (Å²) in [6, 6.07) is 0. The fourth-order valence-electron chi connectivity index (χ4n) is 1.58. The molecule has 4 nitrogen and oxygen atoms in total. The maximum atomic E-state index is 11.4. The minimum atomic E-state index is -0.336. The van der Waals surface area contributed by atoms with E-state index in [4.69, 9.17) is 4.74 Å². The molecule has 14 heavy (non-hydrogen) atoms. The second-order valence-electron chi connectivity index (χ2n) is 3.82.